The first-order valence-electron chi connectivity index (χ1n) is 7.19. The normalized spacial score (nSPS) is 10.6. The van der Waals surface area contributed by atoms with E-state index in [1.165, 1.54) is 46.7 Å². The van der Waals surface area contributed by atoms with Crippen LogP contribution < -0.4 is 5.32 Å². The minimum absolute atomic E-state index is 0.332. The first-order valence-corrected chi connectivity index (χ1v) is 8.99. The lowest BCUT2D eigenvalue weighted by Crippen LogP contribution is -2.11. The summed E-state index contributed by atoms with van der Waals surface area (Å²) in [5.74, 6) is 0.0843. The molecular formula is C17H14FN3OS2. The van der Waals surface area contributed by atoms with E-state index in [1.54, 1.807) is 11.8 Å². The van der Waals surface area contributed by atoms with Crippen molar-refractivity contribution < 1.29 is 9.18 Å². The van der Waals surface area contributed by atoms with Crippen LogP contribution in [0.25, 0.3) is 0 Å². The quantitative estimate of drug-likeness (QED) is 0.537. The Hall–Kier alpha value is -2.25. The molecule has 0 aliphatic rings. The number of carbonyl (C=O) groups is 1. The molecule has 0 aliphatic heterocycles. The Balaban J connectivity index is 1.59. The molecule has 7 heteroatoms. The Morgan fingerprint density at radius 3 is 2.75 bits per heavy atom. The SMILES string of the molecule is Cc1cccc(CSc2nnc(NC(=O)c3ccc(F)cc3)s2)c1. The molecule has 0 unspecified atom stereocenters. The number of halogens is 1. The van der Waals surface area contributed by atoms with E-state index in [0.717, 1.165) is 10.1 Å². The molecule has 1 N–H and O–H groups in total. The van der Waals surface area contributed by atoms with Crippen LogP contribution in [-0.2, 0) is 5.75 Å². The molecule has 0 saturated heterocycles. The number of anilines is 1. The summed E-state index contributed by atoms with van der Waals surface area (Å²) in [6.45, 7) is 2.06. The van der Waals surface area contributed by atoms with Crippen LogP contribution in [0.5, 0.6) is 0 Å². The van der Waals surface area contributed by atoms with Crippen LogP contribution in [0.4, 0.5) is 9.52 Å². The number of hydrogen-bond donors (Lipinski definition) is 1. The van der Waals surface area contributed by atoms with Gasteiger partial charge < -0.3 is 0 Å². The van der Waals surface area contributed by atoms with Crippen molar-refractivity contribution in [3.8, 4) is 0 Å². The molecule has 0 fully saturated rings. The molecule has 3 rings (SSSR count). The van der Waals surface area contributed by atoms with Crippen LogP contribution in [-0.4, -0.2) is 16.1 Å². The van der Waals surface area contributed by atoms with Crippen molar-refractivity contribution in [3.63, 3.8) is 0 Å². The second-order valence-electron chi connectivity index (χ2n) is 5.11. The number of nitrogens with one attached hydrogen (secondary N) is 1. The highest BCUT2D eigenvalue weighted by molar-refractivity contribution is 8.00. The van der Waals surface area contributed by atoms with Gasteiger partial charge in [-0.05, 0) is 36.8 Å². The topological polar surface area (TPSA) is 54.9 Å². The average molecular weight is 359 g/mol. The molecule has 0 atom stereocenters. The second-order valence-corrected chi connectivity index (χ2v) is 7.31. The third kappa shape index (κ3) is 4.39. The molecule has 0 aliphatic carbocycles. The van der Waals surface area contributed by atoms with Crippen molar-refractivity contribution in [1.29, 1.82) is 0 Å². The van der Waals surface area contributed by atoms with Crippen LogP contribution in [0.15, 0.2) is 52.9 Å². The molecule has 1 amide bonds. The number of rotatable bonds is 5. The predicted molar refractivity (Wildman–Crippen MR) is 95.0 cm³/mol. The van der Waals surface area contributed by atoms with Crippen molar-refractivity contribution in [2.75, 3.05) is 5.32 Å². The lowest BCUT2D eigenvalue weighted by Gasteiger charge is -2.00. The van der Waals surface area contributed by atoms with Gasteiger partial charge in [0.2, 0.25) is 5.13 Å². The van der Waals surface area contributed by atoms with E-state index < -0.39 is 0 Å². The van der Waals surface area contributed by atoms with Gasteiger partial charge >= 0.3 is 0 Å². The van der Waals surface area contributed by atoms with E-state index in [9.17, 15) is 9.18 Å². The summed E-state index contributed by atoms with van der Waals surface area (Å²) in [6, 6.07) is 13.6. The molecule has 3 aromatic rings. The largest absolute Gasteiger partial charge is 0.296 e. The Kier molecular flexibility index (Phi) is 5.22. The molecule has 1 aromatic heterocycles. The van der Waals surface area contributed by atoms with E-state index in [1.807, 2.05) is 6.07 Å². The van der Waals surface area contributed by atoms with Crippen molar-refractivity contribution in [1.82, 2.24) is 10.2 Å². The molecule has 0 spiro atoms. The van der Waals surface area contributed by atoms with Gasteiger partial charge in [-0.25, -0.2) is 4.39 Å². The molecule has 0 saturated carbocycles. The number of hydrogen-bond acceptors (Lipinski definition) is 5. The zero-order chi connectivity index (χ0) is 16.9. The maximum absolute atomic E-state index is 12.9. The molecular weight excluding hydrogens is 345 g/mol. The summed E-state index contributed by atoms with van der Waals surface area (Å²) >= 11 is 2.89. The van der Waals surface area contributed by atoms with Gasteiger partial charge in [-0.2, -0.15) is 0 Å². The van der Waals surface area contributed by atoms with Gasteiger partial charge in [0, 0.05) is 11.3 Å². The third-order valence-electron chi connectivity index (χ3n) is 3.18. The van der Waals surface area contributed by atoms with Crippen LogP contribution in [0.3, 0.4) is 0 Å². The number of nitrogens with zero attached hydrogens (tertiary/aromatic N) is 2. The fraction of sp³-hybridized carbons (Fsp3) is 0.118. The van der Waals surface area contributed by atoms with Crippen molar-refractivity contribution in [2.24, 2.45) is 0 Å². The highest BCUT2D eigenvalue weighted by atomic mass is 32.2. The van der Waals surface area contributed by atoms with E-state index in [0.29, 0.717) is 10.7 Å². The van der Waals surface area contributed by atoms with E-state index >= 15 is 0 Å². The third-order valence-corrected chi connectivity index (χ3v) is 5.22. The summed E-state index contributed by atoms with van der Waals surface area (Å²) in [7, 11) is 0. The minimum atomic E-state index is -0.377. The van der Waals surface area contributed by atoms with Gasteiger partial charge in [0.15, 0.2) is 4.34 Å². The predicted octanol–water partition coefficient (Wildman–Crippen LogP) is 4.53. The summed E-state index contributed by atoms with van der Waals surface area (Å²) in [6.07, 6.45) is 0. The Morgan fingerprint density at radius 1 is 1.21 bits per heavy atom. The highest BCUT2D eigenvalue weighted by Gasteiger charge is 2.11. The maximum atomic E-state index is 12.9. The first kappa shape index (κ1) is 16.6. The van der Waals surface area contributed by atoms with Gasteiger partial charge in [-0.3, -0.25) is 10.1 Å². The van der Waals surface area contributed by atoms with Crippen LogP contribution in [0.2, 0.25) is 0 Å². The van der Waals surface area contributed by atoms with Crippen molar-refractivity contribution in [3.05, 3.63) is 71.0 Å². The number of aromatic nitrogens is 2. The monoisotopic (exact) mass is 359 g/mol. The van der Waals surface area contributed by atoms with Gasteiger partial charge in [0.1, 0.15) is 5.82 Å². The second kappa shape index (κ2) is 7.55. The fourth-order valence-electron chi connectivity index (χ4n) is 2.04. The summed E-state index contributed by atoms with van der Waals surface area (Å²) in [5, 5.41) is 11.1. The minimum Gasteiger partial charge on any atom is -0.296 e. The van der Waals surface area contributed by atoms with Gasteiger partial charge in [0.05, 0.1) is 0 Å². The number of aryl methyl sites for hydroxylation is 1. The zero-order valence-electron chi connectivity index (χ0n) is 12.8. The van der Waals surface area contributed by atoms with Gasteiger partial charge in [-0.1, -0.05) is 52.9 Å². The summed E-state index contributed by atoms with van der Waals surface area (Å²) < 4.78 is 13.7. The average Bonchev–Trinajstić information content (AvgIpc) is 3.01. The zero-order valence-corrected chi connectivity index (χ0v) is 14.5. The fourth-order valence-corrected chi connectivity index (χ4v) is 3.73. The van der Waals surface area contributed by atoms with E-state index in [4.69, 9.17) is 0 Å². The van der Waals surface area contributed by atoms with Gasteiger partial charge in [0.25, 0.3) is 5.91 Å². The number of thioether (sulfide) groups is 1. The Morgan fingerprint density at radius 2 is 2.00 bits per heavy atom. The number of benzene rings is 2. The van der Waals surface area contributed by atoms with Crippen molar-refractivity contribution in [2.45, 2.75) is 17.0 Å². The standard InChI is InChI=1S/C17H14FN3OS2/c1-11-3-2-4-12(9-11)10-23-17-21-20-16(24-17)19-15(22)13-5-7-14(18)8-6-13/h2-9H,10H2,1H3,(H,19,20,22). The summed E-state index contributed by atoms with van der Waals surface area (Å²) in [5.41, 5.74) is 2.81. The molecule has 1 heterocycles. The number of amides is 1. The van der Waals surface area contributed by atoms with Crippen LogP contribution in [0.1, 0.15) is 21.5 Å². The van der Waals surface area contributed by atoms with Crippen molar-refractivity contribution >= 4 is 34.1 Å². The lowest BCUT2D eigenvalue weighted by atomic mass is 10.2. The van der Waals surface area contributed by atoms with Crippen LogP contribution in [0, 0.1) is 12.7 Å². The summed E-state index contributed by atoms with van der Waals surface area (Å²) in [4.78, 5) is 12.0. The molecule has 122 valence electrons. The molecule has 0 radical (unpaired) electrons. The molecule has 24 heavy (non-hydrogen) atoms. The maximum Gasteiger partial charge on any atom is 0.257 e. The smallest absolute Gasteiger partial charge is 0.257 e. The molecule has 0 bridgehead atoms. The lowest BCUT2D eigenvalue weighted by molar-refractivity contribution is 0.102. The van der Waals surface area contributed by atoms with Gasteiger partial charge in [-0.15, -0.1) is 10.2 Å². The Labute approximate surface area is 147 Å². The number of carbonyl (C=O) groups excluding carboxylic acids is 1. The van der Waals surface area contributed by atoms with Crippen LogP contribution >= 0.6 is 23.1 Å². The highest BCUT2D eigenvalue weighted by Crippen LogP contribution is 2.28. The van der Waals surface area contributed by atoms with E-state index in [-0.39, 0.29) is 11.7 Å². The molecule has 4 nitrogen and oxygen atoms in total. The van der Waals surface area contributed by atoms with E-state index in [2.05, 4.69) is 40.6 Å². The Bertz CT molecular complexity index is 849. The first-order chi connectivity index (χ1) is 11.6. The molecule has 2 aromatic carbocycles.